The first-order valence-corrected chi connectivity index (χ1v) is 11.1. The number of nitrogens with zero attached hydrogens (tertiary/aromatic N) is 2. The normalized spacial score (nSPS) is 11.7. The van der Waals surface area contributed by atoms with Gasteiger partial charge in [-0.05, 0) is 36.6 Å². The molecule has 0 saturated heterocycles. The number of hydrogen-bond acceptors (Lipinski definition) is 9. The van der Waals surface area contributed by atoms with Crippen LogP contribution >= 0.6 is 0 Å². The lowest BCUT2D eigenvalue weighted by Crippen LogP contribution is -2.39. The number of halogens is 3. The SMILES string of the molecule is Cc1ccnc(NCCCC(=O)NCC(=O)NC(CC(=O)OC(=O)C(F)(F)F)c2cccc([N+](=O)[O-])c2)c1. The summed E-state index contributed by atoms with van der Waals surface area (Å²) >= 11 is 0. The zero-order chi connectivity index (χ0) is 28.3. The summed E-state index contributed by atoms with van der Waals surface area (Å²) in [6.07, 6.45) is -4.25. The largest absolute Gasteiger partial charge is 0.491 e. The highest BCUT2D eigenvalue weighted by atomic mass is 19.4. The number of rotatable bonds is 12. The Hall–Kier alpha value is -4.56. The molecule has 204 valence electrons. The molecule has 0 spiro atoms. The van der Waals surface area contributed by atoms with Crippen molar-refractivity contribution in [3.05, 3.63) is 63.8 Å². The number of hydrogen-bond donors (Lipinski definition) is 3. The van der Waals surface area contributed by atoms with Gasteiger partial charge in [-0.25, -0.2) is 9.78 Å². The third-order valence-corrected chi connectivity index (χ3v) is 4.88. The summed E-state index contributed by atoms with van der Waals surface area (Å²) in [6.45, 7) is 1.79. The molecule has 1 atom stereocenters. The summed E-state index contributed by atoms with van der Waals surface area (Å²) in [5.74, 6) is -5.03. The van der Waals surface area contributed by atoms with Crippen LogP contribution in [-0.2, 0) is 23.9 Å². The van der Waals surface area contributed by atoms with E-state index in [1.165, 1.54) is 12.1 Å². The summed E-state index contributed by atoms with van der Waals surface area (Å²) in [6, 6.07) is 6.91. The minimum atomic E-state index is -5.42. The number of nitro groups is 1. The topological polar surface area (TPSA) is 170 Å². The fraction of sp³-hybridized carbons (Fsp3) is 0.348. The van der Waals surface area contributed by atoms with Gasteiger partial charge in [0.05, 0.1) is 23.9 Å². The molecule has 0 saturated carbocycles. The molecule has 1 unspecified atom stereocenters. The first-order chi connectivity index (χ1) is 17.8. The number of benzene rings is 1. The van der Waals surface area contributed by atoms with E-state index >= 15 is 0 Å². The lowest BCUT2D eigenvalue weighted by Gasteiger charge is -2.19. The van der Waals surface area contributed by atoms with E-state index < -0.39 is 59.5 Å². The zero-order valence-electron chi connectivity index (χ0n) is 20.0. The van der Waals surface area contributed by atoms with Crippen LogP contribution in [-0.4, -0.2) is 52.9 Å². The van der Waals surface area contributed by atoms with Crippen LogP contribution in [0.1, 0.15) is 36.4 Å². The monoisotopic (exact) mass is 539 g/mol. The van der Waals surface area contributed by atoms with Crippen LogP contribution < -0.4 is 16.0 Å². The van der Waals surface area contributed by atoms with Crippen LogP contribution in [0.4, 0.5) is 24.7 Å². The van der Waals surface area contributed by atoms with E-state index in [-0.39, 0.29) is 12.0 Å². The number of alkyl halides is 3. The number of pyridine rings is 1. The molecule has 0 radical (unpaired) electrons. The molecule has 0 aliphatic carbocycles. The van der Waals surface area contributed by atoms with E-state index in [2.05, 4.69) is 25.7 Å². The molecular formula is C23H24F3N5O7. The molecule has 12 nitrogen and oxygen atoms in total. The Kier molecular flexibility index (Phi) is 10.7. The zero-order valence-corrected chi connectivity index (χ0v) is 20.0. The molecular weight excluding hydrogens is 515 g/mol. The van der Waals surface area contributed by atoms with Crippen molar-refractivity contribution in [1.82, 2.24) is 15.6 Å². The van der Waals surface area contributed by atoms with E-state index in [1.54, 1.807) is 6.20 Å². The lowest BCUT2D eigenvalue weighted by atomic mass is 10.0. The number of aromatic nitrogens is 1. The average molecular weight is 539 g/mol. The lowest BCUT2D eigenvalue weighted by molar-refractivity contribution is -0.384. The van der Waals surface area contributed by atoms with Crippen molar-refractivity contribution in [3.63, 3.8) is 0 Å². The summed E-state index contributed by atoms with van der Waals surface area (Å²) in [5.41, 5.74) is 0.588. The van der Waals surface area contributed by atoms with Crippen molar-refractivity contribution in [3.8, 4) is 0 Å². The quantitative estimate of drug-likeness (QED) is 0.121. The number of carbonyl (C=O) groups is 4. The van der Waals surface area contributed by atoms with E-state index in [0.717, 1.165) is 17.7 Å². The van der Waals surface area contributed by atoms with Gasteiger partial charge in [0.25, 0.3) is 5.69 Å². The highest BCUT2D eigenvalue weighted by Crippen LogP contribution is 2.23. The van der Waals surface area contributed by atoms with Gasteiger partial charge in [-0.1, -0.05) is 12.1 Å². The summed E-state index contributed by atoms with van der Waals surface area (Å²) in [5, 5.41) is 18.8. The maximum Gasteiger partial charge on any atom is 0.491 e. The van der Waals surface area contributed by atoms with Gasteiger partial charge in [0.1, 0.15) is 5.82 Å². The molecule has 1 aromatic carbocycles. The number of anilines is 1. The summed E-state index contributed by atoms with van der Waals surface area (Å²) in [4.78, 5) is 61.7. The Bertz CT molecular complexity index is 1190. The number of amides is 2. The van der Waals surface area contributed by atoms with Crippen molar-refractivity contribution >= 4 is 35.3 Å². The van der Waals surface area contributed by atoms with Crippen molar-refractivity contribution < 1.29 is 42.0 Å². The predicted octanol–water partition coefficient (Wildman–Crippen LogP) is 2.49. The highest BCUT2D eigenvalue weighted by molar-refractivity contribution is 5.89. The Balaban J connectivity index is 1.92. The molecule has 0 bridgehead atoms. The molecule has 1 aromatic heterocycles. The Morgan fingerprint density at radius 3 is 2.53 bits per heavy atom. The molecule has 0 aliphatic heterocycles. The van der Waals surface area contributed by atoms with Crippen molar-refractivity contribution in [2.24, 2.45) is 0 Å². The minimum absolute atomic E-state index is 0.00823. The second-order valence-electron chi connectivity index (χ2n) is 7.96. The van der Waals surface area contributed by atoms with Gasteiger partial charge < -0.3 is 20.7 Å². The number of non-ortho nitro benzene ring substituents is 1. The number of nitrogens with one attached hydrogen (secondary N) is 3. The average Bonchev–Trinajstić information content (AvgIpc) is 2.84. The third-order valence-electron chi connectivity index (χ3n) is 4.88. The molecule has 0 fully saturated rings. The number of esters is 2. The fourth-order valence-electron chi connectivity index (χ4n) is 3.09. The second kappa shape index (κ2) is 13.7. The molecule has 2 rings (SSSR count). The number of aryl methyl sites for hydroxylation is 1. The van der Waals surface area contributed by atoms with Crippen LogP contribution in [0.3, 0.4) is 0 Å². The van der Waals surface area contributed by atoms with Crippen LogP contribution in [0.25, 0.3) is 0 Å². The number of nitro benzene ring substituents is 1. The van der Waals surface area contributed by atoms with E-state index in [0.29, 0.717) is 18.8 Å². The van der Waals surface area contributed by atoms with Crippen LogP contribution in [0.15, 0.2) is 42.6 Å². The Morgan fingerprint density at radius 1 is 1.13 bits per heavy atom. The van der Waals surface area contributed by atoms with Gasteiger partial charge in [-0.2, -0.15) is 13.2 Å². The van der Waals surface area contributed by atoms with Gasteiger partial charge in [0, 0.05) is 31.3 Å². The van der Waals surface area contributed by atoms with E-state index in [9.17, 15) is 42.5 Å². The highest BCUT2D eigenvalue weighted by Gasteiger charge is 2.42. The molecule has 2 aromatic rings. The smallest absolute Gasteiger partial charge is 0.386 e. The Labute approximate surface area is 214 Å². The standard InChI is InChI=1S/C23H24F3N5O7/c1-14-7-9-28-18(10-14)27-8-3-6-19(32)29-13-20(33)30-17(12-21(34)38-22(35)23(24,25)26)15-4-2-5-16(11-15)31(36)37/h2,4-5,7,9-11,17H,3,6,8,12-13H2,1H3,(H,27,28)(H,29,32)(H,30,33). The van der Waals surface area contributed by atoms with Gasteiger partial charge >= 0.3 is 18.1 Å². The molecule has 3 N–H and O–H groups in total. The fourth-order valence-corrected chi connectivity index (χ4v) is 3.09. The number of ether oxygens (including phenoxy) is 1. The van der Waals surface area contributed by atoms with E-state index in [1.807, 2.05) is 19.1 Å². The maximum absolute atomic E-state index is 12.4. The number of carbonyl (C=O) groups excluding carboxylic acids is 4. The Morgan fingerprint density at radius 2 is 1.87 bits per heavy atom. The molecule has 15 heteroatoms. The maximum atomic E-state index is 12.4. The van der Waals surface area contributed by atoms with Crippen LogP contribution in [0.5, 0.6) is 0 Å². The van der Waals surface area contributed by atoms with Crippen molar-refractivity contribution in [2.45, 2.75) is 38.4 Å². The van der Waals surface area contributed by atoms with Gasteiger partial charge in [0.15, 0.2) is 0 Å². The third kappa shape index (κ3) is 10.2. The van der Waals surface area contributed by atoms with Gasteiger partial charge in [-0.15, -0.1) is 0 Å². The van der Waals surface area contributed by atoms with Crippen molar-refractivity contribution in [2.75, 3.05) is 18.4 Å². The van der Waals surface area contributed by atoms with Gasteiger partial charge in [-0.3, -0.25) is 24.5 Å². The van der Waals surface area contributed by atoms with Crippen LogP contribution in [0.2, 0.25) is 0 Å². The molecule has 0 aliphatic rings. The first-order valence-electron chi connectivity index (χ1n) is 11.1. The summed E-state index contributed by atoms with van der Waals surface area (Å²) in [7, 11) is 0. The molecule has 1 heterocycles. The predicted molar refractivity (Wildman–Crippen MR) is 125 cm³/mol. The van der Waals surface area contributed by atoms with Gasteiger partial charge in [0.2, 0.25) is 11.8 Å². The minimum Gasteiger partial charge on any atom is -0.386 e. The molecule has 2 amide bonds. The van der Waals surface area contributed by atoms with Crippen molar-refractivity contribution in [1.29, 1.82) is 0 Å². The van der Waals surface area contributed by atoms with Crippen LogP contribution in [0, 0.1) is 17.0 Å². The molecule has 38 heavy (non-hydrogen) atoms. The first kappa shape index (κ1) is 29.7. The second-order valence-corrected chi connectivity index (χ2v) is 7.96. The summed E-state index contributed by atoms with van der Waals surface area (Å²) < 4.78 is 40.9. The van der Waals surface area contributed by atoms with E-state index in [4.69, 9.17) is 0 Å².